The third kappa shape index (κ3) is 9.21. The van der Waals surface area contributed by atoms with E-state index in [4.69, 9.17) is 5.73 Å². The van der Waals surface area contributed by atoms with Crippen molar-refractivity contribution in [1.29, 1.82) is 0 Å². The van der Waals surface area contributed by atoms with Gasteiger partial charge < -0.3 is 21.3 Å². The molecule has 39 heavy (non-hydrogen) atoms. The zero-order chi connectivity index (χ0) is 28.2. The van der Waals surface area contributed by atoms with E-state index in [1.165, 1.54) is 6.92 Å². The maximum atomic E-state index is 13.4. The Morgan fingerprint density at radius 2 is 1.77 bits per heavy atom. The molecule has 4 N–H and O–H groups in total. The predicted molar refractivity (Wildman–Crippen MR) is 155 cm³/mol. The average molecular weight is 553 g/mol. The van der Waals surface area contributed by atoms with Gasteiger partial charge in [-0.1, -0.05) is 49.2 Å². The predicted octanol–water partition coefficient (Wildman–Crippen LogP) is 3.17. The molecule has 1 aliphatic heterocycles. The second-order valence-electron chi connectivity index (χ2n) is 10.1. The number of likely N-dealkylation sites (tertiary alicyclic amines) is 1. The van der Waals surface area contributed by atoms with E-state index in [1.807, 2.05) is 30.3 Å². The summed E-state index contributed by atoms with van der Waals surface area (Å²) in [5.41, 5.74) is 8.81. The first kappa shape index (κ1) is 30.4. The Hall–Kier alpha value is -3.17. The second kappa shape index (κ2) is 15.4. The van der Waals surface area contributed by atoms with Gasteiger partial charge in [-0.05, 0) is 67.2 Å². The van der Waals surface area contributed by atoms with E-state index < -0.39 is 12.1 Å². The fourth-order valence-electron chi connectivity index (χ4n) is 4.86. The molecule has 9 heteroatoms. The van der Waals surface area contributed by atoms with E-state index in [0.29, 0.717) is 31.5 Å². The van der Waals surface area contributed by atoms with Crippen molar-refractivity contribution in [2.45, 2.75) is 77.0 Å². The average Bonchev–Trinajstić information content (AvgIpc) is 3.43. The molecule has 210 valence electrons. The van der Waals surface area contributed by atoms with Crippen LogP contribution >= 0.6 is 12.6 Å². The lowest BCUT2D eigenvalue weighted by Crippen LogP contribution is -2.50. The molecule has 1 fully saturated rings. The van der Waals surface area contributed by atoms with Crippen LogP contribution in [0.3, 0.4) is 0 Å². The molecule has 2 atom stereocenters. The number of Topliss-reactive ketones (excluding diaryl/α,β-unsaturated/α-hetero) is 1. The third-order valence-electron chi connectivity index (χ3n) is 7.03. The van der Waals surface area contributed by atoms with E-state index >= 15 is 0 Å². The number of hydrogen-bond donors (Lipinski definition) is 4. The minimum atomic E-state index is -0.607. The van der Waals surface area contributed by atoms with Crippen molar-refractivity contribution in [3.05, 3.63) is 70.8 Å². The Kier molecular flexibility index (Phi) is 12.0. The maximum absolute atomic E-state index is 13.4. The van der Waals surface area contributed by atoms with Crippen LogP contribution in [-0.4, -0.2) is 52.8 Å². The number of nitrogens with two attached hydrogens (primary N) is 1. The number of unbranched alkanes of at least 4 members (excludes halogenated alkanes) is 2. The van der Waals surface area contributed by atoms with Gasteiger partial charge >= 0.3 is 0 Å². The lowest BCUT2D eigenvalue weighted by molar-refractivity contribution is -0.129. The highest BCUT2D eigenvalue weighted by molar-refractivity contribution is 7.80. The number of thiol groups is 1. The molecule has 0 aromatic heterocycles. The molecular formula is C30H40N4O4S. The molecule has 0 spiro atoms. The molecule has 0 aliphatic carbocycles. The van der Waals surface area contributed by atoms with Crippen molar-refractivity contribution in [1.82, 2.24) is 15.5 Å². The minimum Gasteiger partial charge on any atom is -0.352 e. The highest BCUT2D eigenvalue weighted by Crippen LogP contribution is 2.21. The number of carbonyl (C=O) groups excluding carboxylic acids is 4. The van der Waals surface area contributed by atoms with Crippen LogP contribution in [0.2, 0.25) is 0 Å². The summed E-state index contributed by atoms with van der Waals surface area (Å²) >= 11 is 4.21. The molecule has 3 rings (SSSR count). The van der Waals surface area contributed by atoms with Gasteiger partial charge in [0.15, 0.2) is 5.78 Å². The summed E-state index contributed by atoms with van der Waals surface area (Å²) in [6.45, 7) is 2.67. The Morgan fingerprint density at radius 3 is 2.51 bits per heavy atom. The van der Waals surface area contributed by atoms with Crippen molar-refractivity contribution in [3.8, 4) is 0 Å². The smallest absolute Gasteiger partial charge is 0.254 e. The van der Waals surface area contributed by atoms with Crippen LogP contribution in [0.5, 0.6) is 0 Å². The van der Waals surface area contributed by atoms with Crippen molar-refractivity contribution in [2.24, 2.45) is 5.73 Å². The SMILES string of the molecule is CC(=O)[C@H](CCCCCS)NC(=O)[C@@H]1CCCN1C(=O)c1cccc(CNC(=O)Cc2cccc(CN)c2)c1. The first-order valence-electron chi connectivity index (χ1n) is 13.7. The largest absolute Gasteiger partial charge is 0.352 e. The highest BCUT2D eigenvalue weighted by Gasteiger charge is 2.35. The van der Waals surface area contributed by atoms with E-state index in [1.54, 1.807) is 23.1 Å². The van der Waals surface area contributed by atoms with Crippen LogP contribution in [0.15, 0.2) is 48.5 Å². The zero-order valence-corrected chi connectivity index (χ0v) is 23.6. The summed E-state index contributed by atoms with van der Waals surface area (Å²) < 4.78 is 0. The molecule has 2 aromatic carbocycles. The number of hydrogen-bond acceptors (Lipinski definition) is 6. The molecule has 1 saturated heterocycles. The highest BCUT2D eigenvalue weighted by atomic mass is 32.1. The van der Waals surface area contributed by atoms with Crippen LogP contribution < -0.4 is 16.4 Å². The molecule has 0 radical (unpaired) electrons. The molecule has 1 aliphatic rings. The molecule has 2 aromatic rings. The minimum absolute atomic E-state index is 0.0769. The maximum Gasteiger partial charge on any atom is 0.254 e. The Labute approximate surface area is 236 Å². The fraction of sp³-hybridized carbons (Fsp3) is 0.467. The number of nitrogens with one attached hydrogen (secondary N) is 2. The molecule has 1 heterocycles. The Balaban J connectivity index is 1.58. The Bertz CT molecular complexity index is 1160. The topological polar surface area (TPSA) is 122 Å². The first-order valence-corrected chi connectivity index (χ1v) is 14.3. The lowest BCUT2D eigenvalue weighted by Gasteiger charge is -2.26. The van der Waals surface area contributed by atoms with Gasteiger partial charge in [-0.15, -0.1) is 0 Å². The van der Waals surface area contributed by atoms with Crippen LogP contribution in [0.4, 0.5) is 0 Å². The lowest BCUT2D eigenvalue weighted by atomic mass is 10.0. The third-order valence-corrected chi connectivity index (χ3v) is 7.35. The molecular weight excluding hydrogens is 512 g/mol. The summed E-state index contributed by atoms with van der Waals surface area (Å²) in [4.78, 5) is 52.7. The fourth-order valence-corrected chi connectivity index (χ4v) is 5.08. The standard InChI is InChI=1S/C30H40N4O4S/c1-21(35)26(12-3-2-4-15-39)33-29(37)27-13-7-14-34(27)30(38)25-11-6-10-24(17-25)20-32-28(36)18-22-8-5-9-23(16-22)19-31/h5-6,8-11,16-17,26-27,39H,2-4,7,12-15,18-20,31H2,1H3,(H,32,36)(H,33,37)/t26-,27-/m0/s1. The number of benzene rings is 2. The van der Waals surface area contributed by atoms with E-state index in [0.717, 1.165) is 48.1 Å². The second-order valence-corrected chi connectivity index (χ2v) is 10.5. The van der Waals surface area contributed by atoms with Gasteiger partial charge in [0.25, 0.3) is 5.91 Å². The molecule has 0 saturated carbocycles. The Morgan fingerprint density at radius 1 is 1.03 bits per heavy atom. The monoisotopic (exact) mass is 552 g/mol. The quantitative estimate of drug-likeness (QED) is 0.212. The number of amides is 3. The number of carbonyl (C=O) groups is 4. The van der Waals surface area contributed by atoms with Crippen LogP contribution in [0.25, 0.3) is 0 Å². The summed E-state index contributed by atoms with van der Waals surface area (Å²) in [5.74, 6) is 0.0905. The van der Waals surface area contributed by atoms with Crippen LogP contribution in [0, 0.1) is 0 Å². The van der Waals surface area contributed by atoms with Gasteiger partial charge in [-0.3, -0.25) is 19.2 Å². The van der Waals surface area contributed by atoms with Gasteiger partial charge in [-0.2, -0.15) is 12.6 Å². The summed E-state index contributed by atoms with van der Waals surface area (Å²) in [6.07, 6.45) is 4.87. The van der Waals surface area contributed by atoms with Gasteiger partial charge in [0.2, 0.25) is 11.8 Å². The van der Waals surface area contributed by atoms with E-state index in [2.05, 4.69) is 23.3 Å². The van der Waals surface area contributed by atoms with Gasteiger partial charge in [0, 0.05) is 25.2 Å². The molecule has 3 amide bonds. The van der Waals surface area contributed by atoms with Crippen molar-refractivity contribution in [2.75, 3.05) is 12.3 Å². The van der Waals surface area contributed by atoms with Crippen LogP contribution in [0.1, 0.15) is 72.5 Å². The molecule has 0 bridgehead atoms. The van der Waals surface area contributed by atoms with Gasteiger partial charge in [-0.25, -0.2) is 0 Å². The van der Waals surface area contributed by atoms with Gasteiger partial charge in [0.05, 0.1) is 12.5 Å². The van der Waals surface area contributed by atoms with Gasteiger partial charge in [0.1, 0.15) is 6.04 Å². The molecule has 8 nitrogen and oxygen atoms in total. The molecule has 0 unspecified atom stereocenters. The first-order chi connectivity index (χ1) is 18.8. The summed E-state index contributed by atoms with van der Waals surface area (Å²) in [6, 6.07) is 13.6. The summed E-state index contributed by atoms with van der Waals surface area (Å²) in [7, 11) is 0. The number of ketones is 1. The van der Waals surface area contributed by atoms with Crippen molar-refractivity contribution in [3.63, 3.8) is 0 Å². The normalized spacial score (nSPS) is 15.6. The van der Waals surface area contributed by atoms with Crippen LogP contribution in [-0.2, 0) is 33.9 Å². The van der Waals surface area contributed by atoms with Crippen molar-refractivity contribution < 1.29 is 19.2 Å². The number of nitrogens with zero attached hydrogens (tertiary/aromatic N) is 1. The zero-order valence-electron chi connectivity index (χ0n) is 22.7. The van der Waals surface area contributed by atoms with Crippen molar-refractivity contribution >= 4 is 36.1 Å². The van der Waals surface area contributed by atoms with E-state index in [9.17, 15) is 19.2 Å². The number of rotatable bonds is 14. The summed E-state index contributed by atoms with van der Waals surface area (Å²) in [5, 5.41) is 5.80. The van der Waals surface area contributed by atoms with E-state index in [-0.39, 0.29) is 36.5 Å².